The molecule has 0 amide bonds. The third kappa shape index (κ3) is 3.20. The highest BCUT2D eigenvalue weighted by Crippen LogP contribution is 2.18. The van der Waals surface area contributed by atoms with E-state index in [1.807, 2.05) is 12.3 Å². The number of hydrogen-bond acceptors (Lipinski definition) is 4. The van der Waals surface area contributed by atoms with Crippen LogP contribution < -0.4 is 5.32 Å². The van der Waals surface area contributed by atoms with Crippen LogP contribution in [0.2, 0.25) is 0 Å². The first-order valence-electron chi connectivity index (χ1n) is 7.01. The minimum absolute atomic E-state index is 0.199. The lowest BCUT2D eigenvalue weighted by molar-refractivity contribution is 0.627. The normalized spacial score (nSPS) is 15.7. The minimum atomic E-state index is 0.199. The van der Waals surface area contributed by atoms with Gasteiger partial charge in [-0.1, -0.05) is 30.3 Å². The van der Waals surface area contributed by atoms with Gasteiger partial charge in [0.2, 0.25) is 0 Å². The molecule has 2 heterocycles. The van der Waals surface area contributed by atoms with Gasteiger partial charge in [-0.05, 0) is 12.0 Å². The summed E-state index contributed by atoms with van der Waals surface area (Å²) >= 11 is 0. The van der Waals surface area contributed by atoms with Crippen molar-refractivity contribution in [2.75, 3.05) is 6.54 Å². The van der Waals surface area contributed by atoms with Gasteiger partial charge in [0.15, 0.2) is 0 Å². The van der Waals surface area contributed by atoms with E-state index in [0.717, 1.165) is 37.3 Å². The standard InChI is InChI=1S/C16H18N4/c1-2-5-13(6-3-1)15(20-16-7-4-8-19-16)11-14-12-17-9-10-18-14/h1-3,5-6,9-10,12,15H,4,7-8,11H2,(H,19,20). The predicted octanol–water partition coefficient (Wildman–Crippen LogP) is 2.54. The summed E-state index contributed by atoms with van der Waals surface area (Å²) in [6.07, 6.45) is 8.28. The van der Waals surface area contributed by atoms with Gasteiger partial charge in [-0.15, -0.1) is 0 Å². The van der Waals surface area contributed by atoms with Gasteiger partial charge in [0.25, 0.3) is 0 Å². The van der Waals surface area contributed by atoms with Gasteiger partial charge in [-0.2, -0.15) is 0 Å². The second-order valence-corrected chi connectivity index (χ2v) is 4.94. The second-order valence-electron chi connectivity index (χ2n) is 4.94. The molecule has 0 aliphatic carbocycles. The Labute approximate surface area is 119 Å². The topological polar surface area (TPSA) is 50.2 Å². The average molecular weight is 266 g/mol. The molecule has 4 nitrogen and oxygen atoms in total. The van der Waals surface area contributed by atoms with E-state index in [9.17, 15) is 0 Å². The Balaban J connectivity index is 1.79. The Hall–Kier alpha value is -2.23. The summed E-state index contributed by atoms with van der Waals surface area (Å²) in [6, 6.07) is 10.7. The quantitative estimate of drug-likeness (QED) is 0.925. The maximum absolute atomic E-state index is 4.51. The van der Waals surface area contributed by atoms with Crippen LogP contribution in [-0.2, 0) is 6.42 Å². The molecule has 0 bridgehead atoms. The lowest BCUT2D eigenvalue weighted by Crippen LogP contribution is -2.29. The first kappa shape index (κ1) is 12.8. The van der Waals surface area contributed by atoms with Gasteiger partial charge in [0.05, 0.1) is 17.6 Å². The number of rotatable bonds is 4. The molecule has 1 atom stereocenters. The van der Waals surface area contributed by atoms with Crippen LogP contribution in [0.4, 0.5) is 0 Å². The molecular weight excluding hydrogens is 248 g/mol. The van der Waals surface area contributed by atoms with Crippen LogP contribution in [0.5, 0.6) is 0 Å². The molecule has 0 fully saturated rings. The molecule has 0 saturated carbocycles. The van der Waals surface area contributed by atoms with Gasteiger partial charge in [0, 0.05) is 38.0 Å². The first-order valence-corrected chi connectivity index (χ1v) is 7.01. The third-order valence-corrected chi connectivity index (χ3v) is 3.45. The van der Waals surface area contributed by atoms with Crippen molar-refractivity contribution in [1.29, 1.82) is 0 Å². The number of aromatic nitrogens is 2. The van der Waals surface area contributed by atoms with E-state index in [1.54, 1.807) is 12.4 Å². The second kappa shape index (κ2) is 6.28. The van der Waals surface area contributed by atoms with Crippen molar-refractivity contribution in [3.05, 3.63) is 60.2 Å². The summed E-state index contributed by atoms with van der Waals surface area (Å²) < 4.78 is 0. The van der Waals surface area contributed by atoms with E-state index >= 15 is 0 Å². The summed E-state index contributed by atoms with van der Waals surface area (Å²) in [5, 5.41) is 3.56. The minimum Gasteiger partial charge on any atom is -0.367 e. The summed E-state index contributed by atoms with van der Waals surface area (Å²) in [5.74, 6) is 1.11. The highest BCUT2D eigenvalue weighted by atomic mass is 15.0. The van der Waals surface area contributed by atoms with Crippen LogP contribution in [0.15, 0.2) is 53.9 Å². The molecule has 0 radical (unpaired) electrons. The highest BCUT2D eigenvalue weighted by molar-refractivity contribution is 5.83. The third-order valence-electron chi connectivity index (χ3n) is 3.45. The molecule has 20 heavy (non-hydrogen) atoms. The zero-order valence-corrected chi connectivity index (χ0v) is 11.4. The smallest absolute Gasteiger partial charge is 0.0968 e. The summed E-state index contributed by atoms with van der Waals surface area (Å²) in [4.78, 5) is 13.0. The summed E-state index contributed by atoms with van der Waals surface area (Å²) in [6.45, 7) is 0.939. The molecule has 1 unspecified atom stereocenters. The van der Waals surface area contributed by atoms with Gasteiger partial charge >= 0.3 is 0 Å². The fourth-order valence-electron chi connectivity index (χ4n) is 2.44. The van der Waals surface area contributed by atoms with Crippen LogP contribution in [0, 0.1) is 0 Å². The van der Waals surface area contributed by atoms with E-state index in [-0.39, 0.29) is 6.04 Å². The first-order chi connectivity index (χ1) is 9.92. The summed E-state index contributed by atoms with van der Waals surface area (Å²) in [5.41, 5.74) is 2.25. The van der Waals surface area contributed by atoms with Crippen molar-refractivity contribution in [1.82, 2.24) is 15.3 Å². The van der Waals surface area contributed by atoms with Crippen LogP contribution in [0.1, 0.15) is 30.1 Å². The molecule has 1 aromatic carbocycles. The van der Waals surface area contributed by atoms with Crippen LogP contribution >= 0.6 is 0 Å². The maximum atomic E-state index is 4.51. The molecule has 0 spiro atoms. The van der Waals surface area contributed by atoms with E-state index in [0.29, 0.717) is 0 Å². The van der Waals surface area contributed by atoms with Crippen LogP contribution in [0.3, 0.4) is 0 Å². The van der Waals surface area contributed by atoms with Crippen molar-refractivity contribution in [3.8, 4) is 0 Å². The Morgan fingerprint density at radius 2 is 2.05 bits per heavy atom. The Bertz CT molecular complexity index is 566. The zero-order chi connectivity index (χ0) is 13.6. The number of aliphatic imine (C=N–C) groups is 1. The van der Waals surface area contributed by atoms with E-state index < -0.39 is 0 Å². The monoisotopic (exact) mass is 266 g/mol. The lowest BCUT2D eigenvalue weighted by atomic mass is 10.0. The molecule has 1 N–H and O–H groups in total. The molecule has 4 heteroatoms. The molecule has 3 rings (SSSR count). The van der Waals surface area contributed by atoms with Crippen molar-refractivity contribution < 1.29 is 0 Å². The van der Waals surface area contributed by atoms with E-state index in [1.165, 1.54) is 5.56 Å². The molecule has 1 aliphatic rings. The Morgan fingerprint density at radius 1 is 1.15 bits per heavy atom. The lowest BCUT2D eigenvalue weighted by Gasteiger charge is -2.20. The predicted molar refractivity (Wildman–Crippen MR) is 79.6 cm³/mol. The fourth-order valence-corrected chi connectivity index (χ4v) is 2.44. The van der Waals surface area contributed by atoms with Gasteiger partial charge in [-0.25, -0.2) is 0 Å². The van der Waals surface area contributed by atoms with E-state index in [2.05, 4.69) is 44.5 Å². The number of amidine groups is 1. The van der Waals surface area contributed by atoms with Gasteiger partial charge < -0.3 is 5.32 Å². The molecule has 0 saturated heterocycles. The molecule has 2 aromatic rings. The number of nitrogens with one attached hydrogen (secondary N) is 1. The molecule has 102 valence electrons. The van der Waals surface area contributed by atoms with Gasteiger partial charge in [-0.3, -0.25) is 15.0 Å². The summed E-state index contributed by atoms with van der Waals surface area (Å²) in [7, 11) is 0. The van der Waals surface area contributed by atoms with Crippen molar-refractivity contribution in [2.24, 2.45) is 4.99 Å². The fraction of sp³-hybridized carbons (Fsp3) is 0.312. The van der Waals surface area contributed by atoms with Crippen molar-refractivity contribution >= 4 is 5.84 Å². The average Bonchev–Trinajstić information content (AvgIpc) is 3.02. The van der Waals surface area contributed by atoms with Crippen molar-refractivity contribution in [3.63, 3.8) is 0 Å². The van der Waals surface area contributed by atoms with Crippen LogP contribution in [-0.4, -0.2) is 22.3 Å². The van der Waals surface area contributed by atoms with Gasteiger partial charge in [0.1, 0.15) is 0 Å². The Kier molecular flexibility index (Phi) is 4.01. The largest absolute Gasteiger partial charge is 0.367 e. The van der Waals surface area contributed by atoms with E-state index in [4.69, 9.17) is 0 Å². The molecule has 1 aromatic heterocycles. The SMILES string of the molecule is c1ccc(C(Cc2cnccn2)NC2=NCCC2)cc1. The Morgan fingerprint density at radius 3 is 2.75 bits per heavy atom. The van der Waals surface area contributed by atoms with Crippen LogP contribution in [0.25, 0.3) is 0 Å². The molecular formula is C16H18N4. The number of benzene rings is 1. The molecule has 1 aliphatic heterocycles. The van der Waals surface area contributed by atoms with Crippen molar-refractivity contribution in [2.45, 2.75) is 25.3 Å². The number of hydrogen-bond donors (Lipinski definition) is 1. The zero-order valence-electron chi connectivity index (χ0n) is 11.4. The maximum Gasteiger partial charge on any atom is 0.0968 e. The number of nitrogens with zero attached hydrogens (tertiary/aromatic N) is 3. The highest BCUT2D eigenvalue weighted by Gasteiger charge is 2.16.